The molecule has 5 nitrogen and oxygen atoms in total. The minimum absolute atomic E-state index is 0.0540. The van der Waals surface area contributed by atoms with Gasteiger partial charge in [0.2, 0.25) is 5.91 Å². The topological polar surface area (TPSA) is 62.4 Å². The first-order valence-electron chi connectivity index (χ1n) is 12.1. The Morgan fingerprint density at radius 3 is 2.44 bits per heavy atom. The Morgan fingerprint density at radius 2 is 1.75 bits per heavy atom. The SMILES string of the molecule is COc1ccc(NCCNC(=O)[C@H](CC(C)C)Nc2cccc(C3CCCCC3)c2)cc1. The number of carbonyl (C=O) groups excluding carboxylic acids is 1. The van der Waals surface area contributed by atoms with E-state index in [1.165, 1.54) is 37.7 Å². The first kappa shape index (κ1) is 24.0. The largest absolute Gasteiger partial charge is 0.497 e. The summed E-state index contributed by atoms with van der Waals surface area (Å²) in [4.78, 5) is 12.9. The first-order chi connectivity index (χ1) is 15.5. The van der Waals surface area contributed by atoms with Crippen LogP contribution in [-0.4, -0.2) is 32.1 Å². The molecule has 0 aromatic heterocycles. The molecule has 1 aliphatic carbocycles. The van der Waals surface area contributed by atoms with Gasteiger partial charge in [0.25, 0.3) is 0 Å². The van der Waals surface area contributed by atoms with E-state index in [1.54, 1.807) is 7.11 Å². The third kappa shape index (κ3) is 7.47. The number of benzene rings is 2. The van der Waals surface area contributed by atoms with E-state index >= 15 is 0 Å². The summed E-state index contributed by atoms with van der Waals surface area (Å²) >= 11 is 0. The molecule has 1 atom stereocenters. The molecule has 1 fully saturated rings. The number of hydrogen-bond acceptors (Lipinski definition) is 4. The zero-order valence-electron chi connectivity index (χ0n) is 19.8. The molecule has 0 saturated heterocycles. The van der Waals surface area contributed by atoms with Crippen molar-refractivity contribution in [3.05, 3.63) is 54.1 Å². The summed E-state index contributed by atoms with van der Waals surface area (Å²) < 4.78 is 5.18. The highest BCUT2D eigenvalue weighted by Crippen LogP contribution is 2.33. The van der Waals surface area contributed by atoms with Gasteiger partial charge in [0, 0.05) is 24.5 Å². The molecular formula is C27H39N3O2. The van der Waals surface area contributed by atoms with Crippen LogP contribution in [0.2, 0.25) is 0 Å². The van der Waals surface area contributed by atoms with Crippen molar-refractivity contribution >= 4 is 17.3 Å². The Morgan fingerprint density at radius 1 is 1.00 bits per heavy atom. The van der Waals surface area contributed by atoms with E-state index < -0.39 is 0 Å². The normalized spacial score (nSPS) is 15.2. The maximum Gasteiger partial charge on any atom is 0.242 e. The number of nitrogens with one attached hydrogen (secondary N) is 3. The lowest BCUT2D eigenvalue weighted by atomic mass is 9.84. The van der Waals surface area contributed by atoms with Crippen LogP contribution in [0.15, 0.2) is 48.5 Å². The van der Waals surface area contributed by atoms with Crippen LogP contribution in [0.4, 0.5) is 11.4 Å². The molecule has 0 radical (unpaired) electrons. The van der Waals surface area contributed by atoms with Crippen molar-refractivity contribution in [3.8, 4) is 5.75 Å². The lowest BCUT2D eigenvalue weighted by molar-refractivity contribution is -0.122. The van der Waals surface area contributed by atoms with Crippen molar-refractivity contribution < 1.29 is 9.53 Å². The van der Waals surface area contributed by atoms with E-state index in [0.29, 0.717) is 24.9 Å². The van der Waals surface area contributed by atoms with E-state index in [-0.39, 0.29) is 11.9 Å². The monoisotopic (exact) mass is 437 g/mol. The van der Waals surface area contributed by atoms with Crippen LogP contribution < -0.4 is 20.7 Å². The van der Waals surface area contributed by atoms with Gasteiger partial charge in [-0.2, -0.15) is 0 Å². The fraction of sp³-hybridized carbons (Fsp3) is 0.519. The molecule has 174 valence electrons. The molecular weight excluding hydrogens is 398 g/mol. The van der Waals surface area contributed by atoms with Crippen molar-refractivity contribution in [1.82, 2.24) is 5.32 Å². The maximum atomic E-state index is 12.9. The van der Waals surface area contributed by atoms with Gasteiger partial charge in [-0.05, 0) is 73.1 Å². The van der Waals surface area contributed by atoms with Crippen molar-refractivity contribution in [3.63, 3.8) is 0 Å². The van der Waals surface area contributed by atoms with Gasteiger partial charge in [0.05, 0.1) is 7.11 Å². The number of rotatable bonds is 11. The Labute approximate surface area is 193 Å². The number of amides is 1. The van der Waals surface area contributed by atoms with E-state index in [1.807, 2.05) is 24.3 Å². The number of ether oxygens (including phenoxy) is 1. The highest BCUT2D eigenvalue weighted by molar-refractivity contribution is 5.84. The molecule has 0 bridgehead atoms. The minimum atomic E-state index is -0.238. The van der Waals surface area contributed by atoms with Crippen molar-refractivity contribution in [1.29, 1.82) is 0 Å². The molecule has 0 aliphatic heterocycles. The smallest absolute Gasteiger partial charge is 0.242 e. The summed E-state index contributed by atoms with van der Waals surface area (Å²) in [6.07, 6.45) is 7.36. The molecule has 3 rings (SSSR count). The standard InChI is InChI=1S/C27H39N3O2/c1-20(2)18-26(27(31)29-17-16-28-23-12-14-25(32-3)15-13-23)30-24-11-7-10-22(19-24)21-8-5-4-6-9-21/h7,10-15,19-21,26,28,30H,4-6,8-9,16-18H2,1-3H3,(H,29,31)/t26-/m0/s1. The van der Waals surface area contributed by atoms with Crippen LogP contribution in [0.1, 0.15) is 63.9 Å². The quantitative estimate of drug-likeness (QED) is 0.389. The van der Waals surface area contributed by atoms with Crippen LogP contribution >= 0.6 is 0 Å². The number of hydrogen-bond donors (Lipinski definition) is 3. The van der Waals surface area contributed by atoms with Gasteiger partial charge in [-0.15, -0.1) is 0 Å². The molecule has 2 aromatic rings. The zero-order chi connectivity index (χ0) is 22.8. The Hall–Kier alpha value is -2.69. The summed E-state index contributed by atoms with van der Waals surface area (Å²) in [6, 6.07) is 16.2. The highest BCUT2D eigenvalue weighted by atomic mass is 16.5. The van der Waals surface area contributed by atoms with Gasteiger partial charge in [0.1, 0.15) is 11.8 Å². The average molecular weight is 438 g/mol. The Bertz CT molecular complexity index is 829. The Kier molecular flexibility index (Phi) is 9.27. The second-order valence-electron chi connectivity index (χ2n) is 9.23. The van der Waals surface area contributed by atoms with Crippen molar-refractivity contribution in [2.45, 2.75) is 64.3 Å². The summed E-state index contributed by atoms with van der Waals surface area (Å²) in [7, 11) is 1.66. The van der Waals surface area contributed by atoms with E-state index in [2.05, 4.69) is 54.1 Å². The Balaban J connectivity index is 1.52. The summed E-state index contributed by atoms with van der Waals surface area (Å²) in [5.41, 5.74) is 3.46. The van der Waals surface area contributed by atoms with Crippen LogP contribution in [0.5, 0.6) is 5.75 Å². The second-order valence-corrected chi connectivity index (χ2v) is 9.23. The van der Waals surface area contributed by atoms with Crippen molar-refractivity contribution in [2.75, 3.05) is 30.8 Å². The molecule has 2 aromatic carbocycles. The maximum absolute atomic E-state index is 12.9. The molecule has 32 heavy (non-hydrogen) atoms. The van der Waals surface area contributed by atoms with Gasteiger partial charge < -0.3 is 20.7 Å². The summed E-state index contributed by atoms with van der Waals surface area (Å²) in [5.74, 6) is 1.97. The van der Waals surface area contributed by atoms with Crippen LogP contribution in [0, 0.1) is 5.92 Å². The molecule has 0 spiro atoms. The predicted molar refractivity (Wildman–Crippen MR) is 134 cm³/mol. The fourth-order valence-corrected chi connectivity index (χ4v) is 4.45. The molecule has 3 N–H and O–H groups in total. The molecule has 1 amide bonds. The predicted octanol–water partition coefficient (Wildman–Crippen LogP) is 5.80. The summed E-state index contributed by atoms with van der Waals surface area (Å²) in [6.45, 7) is 5.56. The first-order valence-corrected chi connectivity index (χ1v) is 12.1. The highest BCUT2D eigenvalue weighted by Gasteiger charge is 2.20. The molecule has 0 heterocycles. The molecule has 1 aliphatic rings. The van der Waals surface area contributed by atoms with Crippen LogP contribution in [0.25, 0.3) is 0 Å². The molecule has 0 unspecified atom stereocenters. The van der Waals surface area contributed by atoms with Crippen LogP contribution in [-0.2, 0) is 4.79 Å². The average Bonchev–Trinajstić information content (AvgIpc) is 2.82. The fourth-order valence-electron chi connectivity index (χ4n) is 4.45. The van der Waals surface area contributed by atoms with E-state index in [9.17, 15) is 4.79 Å². The van der Waals surface area contributed by atoms with Gasteiger partial charge in [-0.25, -0.2) is 0 Å². The zero-order valence-corrected chi connectivity index (χ0v) is 19.8. The lowest BCUT2D eigenvalue weighted by Gasteiger charge is -2.24. The third-order valence-corrected chi connectivity index (χ3v) is 6.17. The number of anilines is 2. The van der Waals surface area contributed by atoms with Gasteiger partial charge in [-0.3, -0.25) is 4.79 Å². The third-order valence-electron chi connectivity index (χ3n) is 6.17. The number of carbonyl (C=O) groups is 1. The lowest BCUT2D eigenvalue weighted by Crippen LogP contribution is -2.42. The van der Waals surface area contributed by atoms with Gasteiger partial charge in [0.15, 0.2) is 0 Å². The van der Waals surface area contributed by atoms with E-state index in [0.717, 1.165) is 23.5 Å². The molecule has 5 heteroatoms. The second kappa shape index (κ2) is 12.4. The van der Waals surface area contributed by atoms with Crippen LogP contribution in [0.3, 0.4) is 0 Å². The number of methoxy groups -OCH3 is 1. The van der Waals surface area contributed by atoms with Gasteiger partial charge >= 0.3 is 0 Å². The minimum Gasteiger partial charge on any atom is -0.497 e. The van der Waals surface area contributed by atoms with Gasteiger partial charge in [-0.1, -0.05) is 45.2 Å². The van der Waals surface area contributed by atoms with E-state index in [4.69, 9.17) is 4.74 Å². The van der Waals surface area contributed by atoms with Crippen molar-refractivity contribution in [2.24, 2.45) is 5.92 Å². The summed E-state index contributed by atoms with van der Waals surface area (Å²) in [5, 5.41) is 9.94. The molecule has 1 saturated carbocycles.